The smallest absolute Gasteiger partial charge is 0.216 e. The lowest BCUT2D eigenvalue weighted by atomic mass is 10.0. The molecule has 1 heterocycles. The number of ether oxygens (including phenoxy) is 2. The van der Waals surface area contributed by atoms with Gasteiger partial charge >= 0.3 is 0 Å². The fraction of sp³-hybridized carbons (Fsp3) is 0.476. The van der Waals surface area contributed by atoms with Gasteiger partial charge in [0, 0.05) is 25.0 Å². The first-order chi connectivity index (χ1) is 14.5. The second kappa shape index (κ2) is 11.1. The summed E-state index contributed by atoms with van der Waals surface area (Å²) in [5, 5.41) is 13.2. The molecule has 1 aromatic carbocycles. The number of hydrogen-bond acceptors (Lipinski definition) is 7. The van der Waals surface area contributed by atoms with Crippen LogP contribution >= 0.6 is 11.6 Å². The summed E-state index contributed by atoms with van der Waals surface area (Å²) in [6, 6.07) is 6.08. The maximum Gasteiger partial charge on any atom is 0.216 e. The minimum absolute atomic E-state index is 0.116. The Balaban J connectivity index is 2.24. The van der Waals surface area contributed by atoms with Gasteiger partial charge in [0.2, 0.25) is 5.90 Å². The van der Waals surface area contributed by atoms with Gasteiger partial charge in [0.15, 0.2) is 16.1 Å². The van der Waals surface area contributed by atoms with E-state index >= 15 is 0 Å². The van der Waals surface area contributed by atoms with Crippen LogP contribution in [0, 0.1) is 5.92 Å². The predicted octanol–water partition coefficient (Wildman–Crippen LogP) is 3.31. The molecule has 1 aliphatic heterocycles. The summed E-state index contributed by atoms with van der Waals surface area (Å²) in [6.45, 7) is 3.57. The molecule has 0 spiro atoms. The minimum atomic E-state index is -3.40. The largest absolute Gasteiger partial charge is 0.471 e. The van der Waals surface area contributed by atoms with Crippen molar-refractivity contribution in [3.05, 3.63) is 47.8 Å². The van der Waals surface area contributed by atoms with Gasteiger partial charge < -0.3 is 19.9 Å². The second-order valence-corrected chi connectivity index (χ2v) is 9.93. The van der Waals surface area contributed by atoms with Crippen LogP contribution in [0.2, 0.25) is 0 Å². The summed E-state index contributed by atoms with van der Waals surface area (Å²) >= 11 is 6.20. The quantitative estimate of drug-likeness (QED) is 0.421. The summed E-state index contributed by atoms with van der Waals surface area (Å²) in [5.41, 5.74) is 0.690. The van der Waals surface area contributed by atoms with Crippen LogP contribution < -0.4 is 5.32 Å². The number of aliphatic hydroxyl groups excluding tert-OH is 1. The number of aliphatic imine (C=N–C) groups is 1. The van der Waals surface area contributed by atoms with Gasteiger partial charge in [-0.3, -0.25) is 0 Å². The van der Waals surface area contributed by atoms with Crippen molar-refractivity contribution in [2.45, 2.75) is 36.5 Å². The van der Waals surface area contributed by atoms with Gasteiger partial charge in [0.05, 0.1) is 34.8 Å². The number of allylic oxidation sites excluding steroid dienone is 1. The minimum Gasteiger partial charge on any atom is -0.471 e. The molecule has 0 aromatic heterocycles. The van der Waals surface area contributed by atoms with Gasteiger partial charge in [-0.15, -0.1) is 11.6 Å². The third-order valence-electron chi connectivity index (χ3n) is 4.55. The van der Waals surface area contributed by atoms with E-state index in [1.165, 1.54) is 32.2 Å². The highest BCUT2D eigenvalue weighted by Gasteiger charge is 2.28. The Bertz CT molecular complexity index is 960. The number of sulfone groups is 1. The lowest BCUT2D eigenvalue weighted by Gasteiger charge is -2.28. The number of alkyl halides is 1. The number of halogens is 2. The summed E-state index contributed by atoms with van der Waals surface area (Å²) in [7, 11) is -1.89. The number of dihydropyridines is 1. The Labute approximate surface area is 187 Å². The molecule has 7 nitrogen and oxygen atoms in total. The molecule has 1 aromatic rings. The summed E-state index contributed by atoms with van der Waals surface area (Å²) in [6.07, 6.45) is 2.32. The van der Waals surface area contributed by atoms with E-state index in [1.807, 2.05) is 0 Å². The molecule has 10 heteroatoms. The summed E-state index contributed by atoms with van der Waals surface area (Å²) < 4.78 is 48.1. The zero-order valence-corrected chi connectivity index (χ0v) is 19.5. The van der Waals surface area contributed by atoms with Gasteiger partial charge in [-0.2, -0.15) is 0 Å². The summed E-state index contributed by atoms with van der Waals surface area (Å²) in [5.74, 6) is -0.499. The Morgan fingerprint density at radius 3 is 2.81 bits per heavy atom. The molecule has 0 radical (unpaired) electrons. The standard InChI is InChI=1S/C21H28ClFN2O5S/c1-13(8-14(2)23)19(12-29-3)30-21-18(9-15(22)11-24-21)20(26)25-16-6-5-7-17(10-16)31(4,27)28/h5-10,13,15,19-20,25-26H,11-12H2,1-4H3/b14-8+. The Morgan fingerprint density at radius 1 is 1.48 bits per heavy atom. The lowest BCUT2D eigenvalue weighted by Crippen LogP contribution is -2.36. The maximum atomic E-state index is 13.4. The van der Waals surface area contributed by atoms with E-state index in [4.69, 9.17) is 21.1 Å². The number of methoxy groups -OCH3 is 1. The van der Waals surface area contributed by atoms with Gasteiger partial charge in [-0.05, 0) is 31.2 Å². The number of nitrogens with zero attached hydrogens (tertiary/aromatic N) is 1. The van der Waals surface area contributed by atoms with E-state index in [0.29, 0.717) is 11.3 Å². The average Bonchev–Trinajstić information content (AvgIpc) is 2.67. The van der Waals surface area contributed by atoms with Crippen molar-refractivity contribution in [3.63, 3.8) is 0 Å². The molecule has 2 N–H and O–H groups in total. The van der Waals surface area contributed by atoms with Gasteiger partial charge in [0.1, 0.15) is 6.10 Å². The monoisotopic (exact) mass is 474 g/mol. The predicted molar refractivity (Wildman–Crippen MR) is 120 cm³/mol. The molecule has 0 saturated carbocycles. The van der Waals surface area contributed by atoms with Gasteiger partial charge in [-0.25, -0.2) is 17.8 Å². The van der Waals surface area contributed by atoms with E-state index in [9.17, 15) is 17.9 Å². The third-order valence-corrected chi connectivity index (χ3v) is 5.92. The van der Waals surface area contributed by atoms with Crippen molar-refractivity contribution < 1.29 is 27.4 Å². The Morgan fingerprint density at radius 2 is 2.19 bits per heavy atom. The third kappa shape index (κ3) is 7.60. The lowest BCUT2D eigenvalue weighted by molar-refractivity contribution is 0.0502. The molecule has 0 fully saturated rings. The second-order valence-electron chi connectivity index (χ2n) is 7.35. The number of nitrogens with one attached hydrogen (secondary N) is 1. The van der Waals surface area contributed by atoms with Crippen LogP contribution in [0.1, 0.15) is 13.8 Å². The van der Waals surface area contributed by atoms with Crippen LogP contribution in [0.3, 0.4) is 0 Å². The van der Waals surface area contributed by atoms with Gasteiger partial charge in [-0.1, -0.05) is 19.1 Å². The van der Waals surface area contributed by atoms with E-state index in [2.05, 4.69) is 10.3 Å². The number of benzene rings is 1. The highest BCUT2D eigenvalue weighted by molar-refractivity contribution is 7.90. The van der Waals surface area contributed by atoms with Crippen LogP contribution in [0.4, 0.5) is 10.1 Å². The van der Waals surface area contributed by atoms with Crippen molar-refractivity contribution in [1.82, 2.24) is 0 Å². The first-order valence-electron chi connectivity index (χ1n) is 9.66. The van der Waals surface area contributed by atoms with E-state index in [-0.39, 0.29) is 35.7 Å². The van der Waals surface area contributed by atoms with Gasteiger partial charge in [0.25, 0.3) is 0 Å². The zero-order chi connectivity index (χ0) is 23.2. The van der Waals surface area contributed by atoms with Crippen LogP contribution in [-0.2, 0) is 19.3 Å². The van der Waals surface area contributed by atoms with Crippen molar-refractivity contribution in [1.29, 1.82) is 0 Å². The highest BCUT2D eigenvalue weighted by atomic mass is 35.5. The normalized spacial score (nSPS) is 20.4. The number of anilines is 1. The fourth-order valence-electron chi connectivity index (χ4n) is 3.02. The van der Waals surface area contributed by atoms with E-state index < -0.39 is 27.5 Å². The molecule has 4 unspecified atom stereocenters. The SMILES string of the molecule is COCC(OC1=NCC(Cl)C=C1C(O)Nc1cccc(S(C)(=O)=O)c1)C(C)/C=C(\C)F. The van der Waals surface area contributed by atoms with Crippen molar-refractivity contribution in [2.24, 2.45) is 10.9 Å². The molecule has 0 bridgehead atoms. The highest BCUT2D eigenvalue weighted by Crippen LogP contribution is 2.23. The average molecular weight is 475 g/mol. The molecule has 0 saturated heterocycles. The van der Waals surface area contributed by atoms with Crippen molar-refractivity contribution in [3.8, 4) is 0 Å². The molecule has 0 amide bonds. The van der Waals surface area contributed by atoms with Crippen molar-refractivity contribution in [2.75, 3.05) is 31.8 Å². The van der Waals surface area contributed by atoms with E-state index in [0.717, 1.165) is 6.26 Å². The van der Waals surface area contributed by atoms with Crippen molar-refractivity contribution >= 4 is 33.0 Å². The molecule has 31 heavy (non-hydrogen) atoms. The fourth-order valence-corrected chi connectivity index (χ4v) is 3.89. The zero-order valence-electron chi connectivity index (χ0n) is 17.9. The number of hydrogen-bond donors (Lipinski definition) is 2. The van der Waals surface area contributed by atoms with Crippen LogP contribution in [0.15, 0.2) is 57.7 Å². The van der Waals surface area contributed by atoms with Crippen LogP contribution in [-0.4, -0.2) is 63.6 Å². The molecular weight excluding hydrogens is 447 g/mol. The van der Waals surface area contributed by atoms with E-state index in [1.54, 1.807) is 25.1 Å². The molecule has 0 aliphatic carbocycles. The molecule has 172 valence electrons. The Kier molecular flexibility index (Phi) is 9.05. The number of aliphatic hydroxyl groups is 1. The number of rotatable bonds is 9. The van der Waals surface area contributed by atoms with Crippen LogP contribution in [0.25, 0.3) is 0 Å². The molecule has 1 aliphatic rings. The van der Waals surface area contributed by atoms with Crippen LogP contribution in [0.5, 0.6) is 0 Å². The first kappa shape index (κ1) is 25.3. The summed E-state index contributed by atoms with van der Waals surface area (Å²) in [4.78, 5) is 4.44. The molecule has 2 rings (SSSR count). The maximum absolute atomic E-state index is 13.4. The first-order valence-corrected chi connectivity index (χ1v) is 12.0. The topological polar surface area (TPSA) is 97.2 Å². The Hall–Kier alpha value is -1.94. The molecular formula is C21H28ClFN2O5S. The molecule has 4 atom stereocenters.